The number of ether oxygens (including phenoxy) is 1. The zero-order chi connectivity index (χ0) is 23.3. The molecule has 0 aliphatic carbocycles. The van der Waals surface area contributed by atoms with Crippen molar-refractivity contribution < 1.29 is 18.3 Å². The van der Waals surface area contributed by atoms with Crippen LogP contribution >= 0.6 is 0 Å². The van der Waals surface area contributed by atoms with E-state index in [9.17, 15) is 4.79 Å². The summed E-state index contributed by atoms with van der Waals surface area (Å²) in [6.07, 6.45) is 3.36. The Bertz CT molecular complexity index is 1370. The number of nitrogens with zero attached hydrogens (tertiary/aromatic N) is 4. The van der Waals surface area contributed by atoms with Crippen LogP contribution in [0.5, 0.6) is 5.75 Å². The van der Waals surface area contributed by atoms with Crippen LogP contribution in [-0.4, -0.2) is 31.7 Å². The summed E-state index contributed by atoms with van der Waals surface area (Å²) in [4.78, 5) is 18.2. The minimum absolute atomic E-state index is 0.0372. The van der Waals surface area contributed by atoms with Crippen LogP contribution in [-0.2, 0) is 20.1 Å². The molecule has 0 bridgehead atoms. The van der Waals surface area contributed by atoms with E-state index >= 15 is 8.78 Å². The van der Waals surface area contributed by atoms with Crippen LogP contribution in [0, 0.1) is 11.6 Å². The summed E-state index contributed by atoms with van der Waals surface area (Å²) in [7, 11) is 1.78. The Balaban J connectivity index is 1.50. The maximum atomic E-state index is 15.1. The van der Waals surface area contributed by atoms with E-state index in [1.165, 1.54) is 17.0 Å². The Hall–Kier alpha value is -3.81. The average Bonchev–Trinajstić information content (AvgIpc) is 3.30. The van der Waals surface area contributed by atoms with Gasteiger partial charge in [0.05, 0.1) is 30.5 Å². The lowest BCUT2D eigenvalue weighted by Crippen LogP contribution is -2.24. The van der Waals surface area contributed by atoms with Gasteiger partial charge in [0.25, 0.3) is 5.91 Å². The molecule has 6 nitrogen and oxygen atoms in total. The summed E-state index contributed by atoms with van der Waals surface area (Å²) in [6.45, 7) is 3.90. The van der Waals surface area contributed by atoms with Crippen molar-refractivity contribution in [2.24, 2.45) is 7.05 Å². The minimum atomic E-state index is -0.707. The zero-order valence-electron chi connectivity index (χ0n) is 18.5. The largest absolute Gasteiger partial charge is 0.489 e. The average molecular weight is 448 g/mol. The number of carbonyl (C=O) groups excluding carboxylic acids is 1. The second-order valence-corrected chi connectivity index (χ2v) is 8.42. The van der Waals surface area contributed by atoms with Crippen molar-refractivity contribution in [3.05, 3.63) is 77.2 Å². The fourth-order valence-electron chi connectivity index (χ4n) is 4.21. The van der Waals surface area contributed by atoms with Crippen molar-refractivity contribution in [3.8, 4) is 16.9 Å². The number of aromatic nitrogens is 3. The number of halogens is 2. The first-order valence-electron chi connectivity index (χ1n) is 10.7. The molecule has 0 saturated heterocycles. The molecule has 8 heteroatoms. The molecule has 3 heterocycles. The number of amides is 1. The second kappa shape index (κ2) is 7.95. The summed E-state index contributed by atoms with van der Waals surface area (Å²) in [5, 5.41) is 5.20. The molecule has 168 valence electrons. The van der Waals surface area contributed by atoms with E-state index in [4.69, 9.17) is 4.74 Å². The molecule has 0 atom stereocenters. The molecule has 33 heavy (non-hydrogen) atoms. The summed E-state index contributed by atoms with van der Waals surface area (Å²) < 4.78 is 37.7. The van der Waals surface area contributed by atoms with Gasteiger partial charge >= 0.3 is 0 Å². The molecule has 2 aromatic carbocycles. The van der Waals surface area contributed by atoms with E-state index in [1.54, 1.807) is 48.4 Å². The maximum Gasteiger partial charge on any atom is 0.256 e. The molecule has 1 aliphatic rings. The molecule has 0 radical (unpaired) electrons. The minimum Gasteiger partial charge on any atom is -0.489 e. The summed E-state index contributed by atoms with van der Waals surface area (Å²) in [5.74, 6) is -1.08. The Morgan fingerprint density at radius 1 is 1.12 bits per heavy atom. The van der Waals surface area contributed by atoms with E-state index in [-0.39, 0.29) is 30.7 Å². The third-order valence-corrected chi connectivity index (χ3v) is 5.67. The van der Waals surface area contributed by atoms with Crippen LogP contribution in [0.3, 0.4) is 0 Å². The van der Waals surface area contributed by atoms with Crippen molar-refractivity contribution in [1.29, 1.82) is 0 Å². The van der Waals surface area contributed by atoms with E-state index < -0.39 is 11.6 Å². The van der Waals surface area contributed by atoms with Crippen LogP contribution in [0.25, 0.3) is 22.0 Å². The first-order chi connectivity index (χ1) is 15.8. The lowest BCUT2D eigenvalue weighted by atomic mass is 9.99. The predicted octanol–water partition coefficient (Wildman–Crippen LogP) is 4.86. The molecule has 2 aromatic heterocycles. The molecule has 5 rings (SSSR count). The predicted molar refractivity (Wildman–Crippen MR) is 120 cm³/mol. The van der Waals surface area contributed by atoms with Crippen molar-refractivity contribution in [3.63, 3.8) is 0 Å². The van der Waals surface area contributed by atoms with Gasteiger partial charge in [-0.2, -0.15) is 5.10 Å². The van der Waals surface area contributed by atoms with Gasteiger partial charge in [-0.25, -0.2) is 8.78 Å². The Morgan fingerprint density at radius 3 is 2.58 bits per heavy atom. The van der Waals surface area contributed by atoms with Gasteiger partial charge in [-0.1, -0.05) is 0 Å². The second-order valence-electron chi connectivity index (χ2n) is 8.42. The normalized spacial score (nSPS) is 13.3. The van der Waals surface area contributed by atoms with Crippen LogP contribution in [0.15, 0.2) is 48.8 Å². The fraction of sp³-hybridized carbons (Fsp3) is 0.240. The van der Waals surface area contributed by atoms with Crippen LogP contribution < -0.4 is 4.74 Å². The molecular formula is C25H22F2N4O2. The van der Waals surface area contributed by atoms with Gasteiger partial charge in [0.15, 0.2) is 0 Å². The van der Waals surface area contributed by atoms with E-state index in [0.717, 1.165) is 5.39 Å². The lowest BCUT2D eigenvalue weighted by molar-refractivity contribution is 0.0763. The highest BCUT2D eigenvalue weighted by atomic mass is 19.1. The third-order valence-electron chi connectivity index (χ3n) is 5.67. The van der Waals surface area contributed by atoms with Crippen molar-refractivity contribution >= 4 is 16.8 Å². The van der Waals surface area contributed by atoms with Crippen molar-refractivity contribution in [1.82, 2.24) is 19.7 Å². The van der Waals surface area contributed by atoms with Gasteiger partial charge < -0.3 is 9.64 Å². The molecule has 0 saturated carbocycles. The first-order valence-corrected chi connectivity index (χ1v) is 10.7. The highest BCUT2D eigenvalue weighted by Gasteiger charge is 2.29. The van der Waals surface area contributed by atoms with Crippen LogP contribution in [0.1, 0.15) is 35.5 Å². The topological polar surface area (TPSA) is 60.2 Å². The standard InChI is InChI=1S/C25H22F2N4O2/c1-14(2)33-23-7-6-16(18-11-30(3)29-24(18)23)15-9-20(26)19(21(27)10-15)12-31-13-22-17(25(31)32)5-4-8-28-22/h4-11,14H,12-13H2,1-3H3. The van der Waals surface area contributed by atoms with Crippen LogP contribution in [0.4, 0.5) is 8.78 Å². The number of hydrogen-bond acceptors (Lipinski definition) is 4. The Kier molecular flexibility index (Phi) is 5.08. The quantitative estimate of drug-likeness (QED) is 0.438. The molecule has 0 spiro atoms. The first kappa shape index (κ1) is 21.1. The number of fused-ring (bicyclic) bond motifs is 2. The SMILES string of the molecule is CC(C)Oc1ccc(-c2cc(F)c(CN3Cc4ncccc4C3=O)c(F)c2)c2cn(C)nc12. The van der Waals surface area contributed by atoms with Crippen molar-refractivity contribution in [2.75, 3.05) is 0 Å². The van der Waals surface area contributed by atoms with Gasteiger partial charge in [0.2, 0.25) is 0 Å². The Morgan fingerprint density at radius 2 is 1.88 bits per heavy atom. The number of pyridine rings is 1. The summed E-state index contributed by atoms with van der Waals surface area (Å²) in [5.41, 5.74) is 2.59. The van der Waals surface area contributed by atoms with E-state index in [1.807, 2.05) is 13.8 Å². The number of carbonyl (C=O) groups is 1. The molecular weight excluding hydrogens is 426 g/mol. The van der Waals surface area contributed by atoms with Gasteiger partial charge in [0, 0.05) is 30.4 Å². The summed E-state index contributed by atoms with van der Waals surface area (Å²) in [6, 6.07) is 9.49. The molecule has 1 amide bonds. The van der Waals surface area contributed by atoms with E-state index in [0.29, 0.717) is 33.7 Å². The molecule has 0 fully saturated rings. The third kappa shape index (κ3) is 3.71. The molecule has 0 unspecified atom stereocenters. The van der Waals surface area contributed by atoms with Gasteiger partial charge in [-0.15, -0.1) is 0 Å². The van der Waals surface area contributed by atoms with Crippen molar-refractivity contribution in [2.45, 2.75) is 33.0 Å². The summed E-state index contributed by atoms with van der Waals surface area (Å²) >= 11 is 0. The van der Waals surface area contributed by atoms with Gasteiger partial charge in [-0.05, 0) is 61.4 Å². The lowest BCUT2D eigenvalue weighted by Gasteiger charge is -2.17. The van der Waals surface area contributed by atoms with E-state index in [2.05, 4.69) is 10.1 Å². The van der Waals surface area contributed by atoms with Crippen LogP contribution in [0.2, 0.25) is 0 Å². The smallest absolute Gasteiger partial charge is 0.256 e. The highest BCUT2D eigenvalue weighted by molar-refractivity contribution is 5.98. The molecule has 0 N–H and O–H groups in total. The van der Waals surface area contributed by atoms with Gasteiger partial charge in [-0.3, -0.25) is 14.5 Å². The zero-order valence-corrected chi connectivity index (χ0v) is 18.5. The number of benzene rings is 2. The van der Waals surface area contributed by atoms with Gasteiger partial charge in [0.1, 0.15) is 22.9 Å². The highest BCUT2D eigenvalue weighted by Crippen LogP contribution is 2.36. The molecule has 1 aliphatic heterocycles. The Labute approximate surface area is 189 Å². The number of hydrogen-bond donors (Lipinski definition) is 0. The maximum absolute atomic E-state index is 15.1. The molecule has 4 aromatic rings. The fourth-order valence-corrected chi connectivity index (χ4v) is 4.21. The monoisotopic (exact) mass is 448 g/mol. The number of aryl methyl sites for hydroxylation is 1. The number of rotatable bonds is 5.